The van der Waals surface area contributed by atoms with E-state index >= 15 is 0 Å². The van der Waals surface area contributed by atoms with Crippen LogP contribution in [-0.2, 0) is 11.2 Å². The highest BCUT2D eigenvalue weighted by molar-refractivity contribution is 5.99. The third-order valence-corrected chi connectivity index (χ3v) is 4.18. The molecular formula is C21H24N2O5. The highest BCUT2D eigenvalue weighted by Gasteiger charge is 2.17. The standard InChI is InChI=1S/C21H24N2O5/c1-3-26-18-7-5-14(11-19(18)27-4-2)9-10-22-21(25)15-6-8-17-16(12-15)23-20(24)13-28-17/h5-8,11-12H,3-4,9-10,13H2,1-2H3,(H,22,25)(H,23,24). The summed E-state index contributed by atoms with van der Waals surface area (Å²) in [5, 5.41) is 5.59. The van der Waals surface area contributed by atoms with E-state index in [1.165, 1.54) is 0 Å². The molecule has 2 aromatic rings. The molecule has 0 bridgehead atoms. The lowest BCUT2D eigenvalue weighted by molar-refractivity contribution is -0.118. The number of rotatable bonds is 8. The number of hydrogen-bond acceptors (Lipinski definition) is 5. The van der Waals surface area contributed by atoms with Crippen LogP contribution in [0.15, 0.2) is 36.4 Å². The molecule has 7 heteroatoms. The Morgan fingerprint density at radius 2 is 1.89 bits per heavy atom. The second-order valence-electron chi connectivity index (χ2n) is 6.20. The maximum atomic E-state index is 12.4. The van der Waals surface area contributed by atoms with E-state index in [1.54, 1.807) is 18.2 Å². The van der Waals surface area contributed by atoms with Crippen molar-refractivity contribution in [2.75, 3.05) is 31.7 Å². The summed E-state index contributed by atoms with van der Waals surface area (Å²) in [4.78, 5) is 23.8. The van der Waals surface area contributed by atoms with Gasteiger partial charge in [-0.15, -0.1) is 0 Å². The van der Waals surface area contributed by atoms with Crippen molar-refractivity contribution in [2.24, 2.45) is 0 Å². The van der Waals surface area contributed by atoms with Crippen LogP contribution in [0, 0.1) is 0 Å². The topological polar surface area (TPSA) is 85.9 Å². The lowest BCUT2D eigenvalue weighted by Crippen LogP contribution is -2.28. The molecule has 2 amide bonds. The van der Waals surface area contributed by atoms with Crippen molar-refractivity contribution in [3.05, 3.63) is 47.5 Å². The fraction of sp³-hybridized carbons (Fsp3) is 0.333. The smallest absolute Gasteiger partial charge is 0.262 e. The summed E-state index contributed by atoms with van der Waals surface area (Å²) in [6, 6.07) is 10.8. The first-order valence-electron chi connectivity index (χ1n) is 9.34. The Bertz CT molecular complexity index is 866. The summed E-state index contributed by atoms with van der Waals surface area (Å²) in [5.41, 5.74) is 2.02. The van der Waals surface area contributed by atoms with E-state index in [4.69, 9.17) is 14.2 Å². The minimum atomic E-state index is -0.231. The Morgan fingerprint density at radius 1 is 1.11 bits per heavy atom. The molecule has 0 atom stereocenters. The number of fused-ring (bicyclic) bond motifs is 1. The highest BCUT2D eigenvalue weighted by Crippen LogP contribution is 2.29. The molecule has 0 aliphatic carbocycles. The molecule has 2 N–H and O–H groups in total. The molecule has 0 aromatic heterocycles. The molecule has 1 heterocycles. The van der Waals surface area contributed by atoms with E-state index in [0.717, 1.165) is 11.3 Å². The number of hydrogen-bond donors (Lipinski definition) is 2. The van der Waals surface area contributed by atoms with Crippen LogP contribution < -0.4 is 24.8 Å². The van der Waals surface area contributed by atoms with Gasteiger partial charge in [0.2, 0.25) is 0 Å². The number of anilines is 1. The van der Waals surface area contributed by atoms with Crippen molar-refractivity contribution in [3.8, 4) is 17.2 Å². The van der Waals surface area contributed by atoms with Crippen LogP contribution in [0.1, 0.15) is 29.8 Å². The summed E-state index contributed by atoms with van der Waals surface area (Å²) in [6.07, 6.45) is 0.656. The summed E-state index contributed by atoms with van der Waals surface area (Å²) < 4.78 is 16.5. The van der Waals surface area contributed by atoms with Crippen LogP contribution in [-0.4, -0.2) is 38.2 Å². The molecule has 0 fully saturated rings. The molecule has 1 aliphatic heterocycles. The third kappa shape index (κ3) is 4.73. The van der Waals surface area contributed by atoms with Crippen molar-refractivity contribution in [1.29, 1.82) is 0 Å². The van der Waals surface area contributed by atoms with Crippen LogP contribution in [0.4, 0.5) is 5.69 Å². The SMILES string of the molecule is CCOc1ccc(CCNC(=O)c2ccc3c(c2)NC(=O)CO3)cc1OCC. The first-order valence-corrected chi connectivity index (χ1v) is 9.34. The van der Waals surface area contributed by atoms with Gasteiger partial charge < -0.3 is 24.8 Å². The van der Waals surface area contributed by atoms with Gasteiger partial charge in [0.15, 0.2) is 18.1 Å². The average Bonchev–Trinajstić information content (AvgIpc) is 2.69. The average molecular weight is 384 g/mol. The molecular weight excluding hydrogens is 360 g/mol. The molecule has 0 spiro atoms. The first kappa shape index (κ1) is 19.5. The van der Waals surface area contributed by atoms with Crippen molar-refractivity contribution in [1.82, 2.24) is 5.32 Å². The Hall–Kier alpha value is -3.22. The van der Waals surface area contributed by atoms with Crippen molar-refractivity contribution < 1.29 is 23.8 Å². The van der Waals surface area contributed by atoms with Gasteiger partial charge >= 0.3 is 0 Å². The van der Waals surface area contributed by atoms with E-state index in [-0.39, 0.29) is 18.4 Å². The highest BCUT2D eigenvalue weighted by atomic mass is 16.5. The summed E-state index contributed by atoms with van der Waals surface area (Å²) in [5.74, 6) is 1.55. The van der Waals surface area contributed by atoms with Gasteiger partial charge in [0, 0.05) is 12.1 Å². The van der Waals surface area contributed by atoms with Crippen LogP contribution in [0.25, 0.3) is 0 Å². The molecule has 7 nitrogen and oxygen atoms in total. The van der Waals surface area contributed by atoms with Gasteiger partial charge in [-0.3, -0.25) is 9.59 Å². The zero-order chi connectivity index (χ0) is 19.9. The van der Waals surface area contributed by atoms with Crippen LogP contribution in [0.3, 0.4) is 0 Å². The van der Waals surface area contributed by atoms with E-state index in [1.807, 2.05) is 32.0 Å². The van der Waals surface area contributed by atoms with E-state index in [0.29, 0.717) is 48.9 Å². The number of nitrogens with one attached hydrogen (secondary N) is 2. The second kappa shape index (κ2) is 9.12. The quantitative estimate of drug-likeness (QED) is 0.731. The van der Waals surface area contributed by atoms with Crippen LogP contribution in [0.2, 0.25) is 0 Å². The number of amides is 2. The van der Waals surface area contributed by atoms with Crippen LogP contribution in [0.5, 0.6) is 17.2 Å². The van der Waals surface area contributed by atoms with E-state index in [2.05, 4.69) is 10.6 Å². The maximum Gasteiger partial charge on any atom is 0.262 e. The molecule has 0 radical (unpaired) electrons. The fourth-order valence-corrected chi connectivity index (χ4v) is 2.90. The largest absolute Gasteiger partial charge is 0.490 e. The predicted octanol–water partition coefficient (Wildman–Crippen LogP) is 2.79. The van der Waals surface area contributed by atoms with Crippen LogP contribution >= 0.6 is 0 Å². The number of benzene rings is 2. The number of ether oxygens (including phenoxy) is 3. The fourth-order valence-electron chi connectivity index (χ4n) is 2.90. The Labute approximate surface area is 164 Å². The molecule has 2 aromatic carbocycles. The first-order chi connectivity index (χ1) is 13.6. The molecule has 148 valence electrons. The lowest BCUT2D eigenvalue weighted by atomic mass is 10.1. The van der Waals surface area contributed by atoms with E-state index < -0.39 is 0 Å². The molecule has 1 aliphatic rings. The van der Waals surface area contributed by atoms with E-state index in [9.17, 15) is 9.59 Å². The predicted molar refractivity (Wildman–Crippen MR) is 105 cm³/mol. The van der Waals surface area contributed by atoms with Gasteiger partial charge in [0.1, 0.15) is 5.75 Å². The number of carbonyl (C=O) groups is 2. The minimum absolute atomic E-state index is 0.00956. The van der Waals surface area contributed by atoms with Gasteiger partial charge in [0.25, 0.3) is 11.8 Å². The normalized spacial score (nSPS) is 12.4. The molecule has 0 saturated heterocycles. The van der Waals surface area contributed by atoms with Gasteiger partial charge in [-0.05, 0) is 56.2 Å². The molecule has 28 heavy (non-hydrogen) atoms. The minimum Gasteiger partial charge on any atom is -0.490 e. The summed E-state index contributed by atoms with van der Waals surface area (Å²) in [7, 11) is 0. The second-order valence-corrected chi connectivity index (χ2v) is 6.20. The summed E-state index contributed by atoms with van der Waals surface area (Å²) in [6.45, 7) is 5.44. The molecule has 3 rings (SSSR count). The van der Waals surface area contributed by atoms with Crippen molar-refractivity contribution in [2.45, 2.75) is 20.3 Å². The monoisotopic (exact) mass is 384 g/mol. The Balaban J connectivity index is 1.59. The molecule has 0 saturated carbocycles. The van der Waals surface area contributed by atoms with Gasteiger partial charge in [-0.2, -0.15) is 0 Å². The zero-order valence-electron chi connectivity index (χ0n) is 16.0. The van der Waals surface area contributed by atoms with Gasteiger partial charge in [0.05, 0.1) is 18.9 Å². The zero-order valence-corrected chi connectivity index (χ0v) is 16.0. The van der Waals surface area contributed by atoms with Crippen molar-refractivity contribution >= 4 is 17.5 Å². The summed E-state index contributed by atoms with van der Waals surface area (Å²) >= 11 is 0. The Kier molecular flexibility index (Phi) is 6.37. The maximum absolute atomic E-state index is 12.4. The molecule has 0 unspecified atom stereocenters. The van der Waals surface area contributed by atoms with Gasteiger partial charge in [-0.1, -0.05) is 6.07 Å². The third-order valence-electron chi connectivity index (χ3n) is 4.18. The number of carbonyl (C=O) groups excluding carboxylic acids is 2. The Morgan fingerprint density at radius 3 is 2.68 bits per heavy atom. The van der Waals surface area contributed by atoms with Gasteiger partial charge in [-0.25, -0.2) is 0 Å². The van der Waals surface area contributed by atoms with Crippen molar-refractivity contribution in [3.63, 3.8) is 0 Å². The lowest BCUT2D eigenvalue weighted by Gasteiger charge is -2.18.